The van der Waals surface area contributed by atoms with Crippen molar-refractivity contribution < 1.29 is 18.0 Å². The van der Waals surface area contributed by atoms with Gasteiger partial charge in [-0.3, -0.25) is 9.89 Å². The second kappa shape index (κ2) is 6.94. The zero-order valence-electron chi connectivity index (χ0n) is 12.1. The topological polar surface area (TPSA) is 81.6 Å². The average molecular weight is 466 g/mol. The molecule has 5 nitrogen and oxygen atoms in total. The van der Waals surface area contributed by atoms with Gasteiger partial charge in [-0.15, -0.1) is 0 Å². The summed E-state index contributed by atoms with van der Waals surface area (Å²) in [6.45, 7) is 1.64. The van der Waals surface area contributed by atoms with Gasteiger partial charge in [0.25, 0.3) is 0 Å². The van der Waals surface area contributed by atoms with E-state index in [-0.39, 0.29) is 38.3 Å². The third-order valence-electron chi connectivity index (χ3n) is 3.08. The van der Waals surface area contributed by atoms with Gasteiger partial charge in [0.05, 0.1) is 11.3 Å². The number of nitrogens with zero attached hydrogens (tertiary/aromatic N) is 2. The quantitative estimate of drug-likeness (QED) is 0.680. The molecule has 24 heavy (non-hydrogen) atoms. The highest BCUT2D eigenvalue weighted by molar-refractivity contribution is 9.11. The molecule has 0 fully saturated rings. The molecule has 0 unspecified atom stereocenters. The Kier molecular flexibility index (Phi) is 5.35. The van der Waals surface area contributed by atoms with Gasteiger partial charge in [-0.1, -0.05) is 38.8 Å². The van der Waals surface area contributed by atoms with Crippen LogP contribution in [0.5, 0.6) is 0 Å². The van der Waals surface area contributed by atoms with Crippen molar-refractivity contribution >= 4 is 43.6 Å². The number of nitrogens with one attached hydrogen (secondary N) is 2. The number of H-pyrrole nitrogens is 1. The Bertz CT molecular complexity index is 817. The molecule has 0 aliphatic carbocycles. The molecule has 0 bridgehead atoms. The summed E-state index contributed by atoms with van der Waals surface area (Å²) in [6.07, 6.45) is -4.31. The fraction of sp³-hybridized carbons (Fsp3) is 0.214. The molecular weight excluding hydrogens is 457 g/mol. The Hall–Kier alpha value is -1.86. The monoisotopic (exact) mass is 464 g/mol. The second-order valence-electron chi connectivity index (χ2n) is 4.65. The summed E-state index contributed by atoms with van der Waals surface area (Å²) in [7, 11) is 0. The predicted molar refractivity (Wildman–Crippen MR) is 88.1 cm³/mol. The Labute approximate surface area is 151 Å². The molecule has 2 N–H and O–H groups in total. The first-order chi connectivity index (χ1) is 11.2. The van der Waals surface area contributed by atoms with E-state index in [0.717, 1.165) is 12.1 Å². The minimum atomic E-state index is -4.50. The van der Waals surface area contributed by atoms with E-state index < -0.39 is 11.7 Å². The number of hydrogen-bond donors (Lipinski definition) is 2. The van der Waals surface area contributed by atoms with Crippen molar-refractivity contribution in [3.05, 3.63) is 32.2 Å². The Morgan fingerprint density at radius 3 is 2.42 bits per heavy atom. The summed E-state index contributed by atoms with van der Waals surface area (Å²) < 4.78 is 38.8. The molecule has 0 aliphatic rings. The molecular formula is C14H9Br2F3N4O. The lowest BCUT2D eigenvalue weighted by Gasteiger charge is -2.12. The molecule has 126 valence electrons. The van der Waals surface area contributed by atoms with Gasteiger partial charge in [0.1, 0.15) is 11.6 Å². The van der Waals surface area contributed by atoms with E-state index in [1.54, 1.807) is 6.92 Å². The zero-order valence-corrected chi connectivity index (χ0v) is 15.2. The number of nitriles is 1. The van der Waals surface area contributed by atoms with Gasteiger partial charge in [0.2, 0.25) is 5.91 Å². The van der Waals surface area contributed by atoms with Crippen LogP contribution in [0.2, 0.25) is 0 Å². The number of halogens is 5. The van der Waals surface area contributed by atoms with E-state index >= 15 is 0 Å². The number of carbonyl (C=O) groups excluding carboxylic acids is 1. The lowest BCUT2D eigenvalue weighted by molar-refractivity contribution is -0.137. The fourth-order valence-electron chi connectivity index (χ4n) is 1.92. The highest BCUT2D eigenvalue weighted by atomic mass is 79.9. The summed E-state index contributed by atoms with van der Waals surface area (Å²) in [6, 6.07) is 3.72. The maximum Gasteiger partial charge on any atom is 0.416 e. The van der Waals surface area contributed by atoms with Crippen LogP contribution in [-0.4, -0.2) is 16.1 Å². The lowest BCUT2D eigenvalue weighted by atomic mass is 10.1. The number of hydrogen-bond acceptors (Lipinski definition) is 3. The van der Waals surface area contributed by atoms with Crippen molar-refractivity contribution in [2.45, 2.75) is 19.5 Å². The normalized spacial score (nSPS) is 11.2. The van der Waals surface area contributed by atoms with Crippen molar-refractivity contribution in [1.29, 1.82) is 5.26 Å². The van der Waals surface area contributed by atoms with E-state index in [1.165, 1.54) is 0 Å². The van der Waals surface area contributed by atoms with Crippen molar-refractivity contribution in [2.75, 3.05) is 5.32 Å². The van der Waals surface area contributed by atoms with Gasteiger partial charge in [-0.2, -0.15) is 23.5 Å². The second-order valence-corrected chi connectivity index (χ2v) is 6.36. The summed E-state index contributed by atoms with van der Waals surface area (Å²) in [4.78, 5) is 11.5. The molecule has 0 saturated heterocycles. The van der Waals surface area contributed by atoms with Crippen LogP contribution in [0.1, 0.15) is 24.5 Å². The molecule has 2 rings (SSSR count). The van der Waals surface area contributed by atoms with Crippen LogP contribution in [0.3, 0.4) is 0 Å². The predicted octanol–water partition coefficient (Wildman–Crippen LogP) is 4.84. The van der Waals surface area contributed by atoms with Gasteiger partial charge < -0.3 is 5.32 Å². The third kappa shape index (κ3) is 3.62. The molecule has 0 radical (unpaired) electrons. The molecule has 2 aromatic rings. The number of benzene rings is 1. The lowest BCUT2D eigenvalue weighted by Crippen LogP contribution is -2.10. The first-order valence-electron chi connectivity index (χ1n) is 6.54. The molecule has 0 aliphatic heterocycles. The Balaban J connectivity index is 2.58. The van der Waals surface area contributed by atoms with E-state index in [1.807, 2.05) is 6.07 Å². The molecule has 1 aromatic heterocycles. The first-order valence-corrected chi connectivity index (χ1v) is 8.12. The van der Waals surface area contributed by atoms with E-state index in [2.05, 4.69) is 47.4 Å². The van der Waals surface area contributed by atoms with Crippen LogP contribution in [0.15, 0.2) is 21.1 Å². The van der Waals surface area contributed by atoms with Crippen LogP contribution in [0, 0.1) is 11.3 Å². The largest absolute Gasteiger partial charge is 0.416 e. The molecule has 1 heterocycles. The first kappa shape index (κ1) is 18.5. The number of aromatic amines is 1. The number of aromatic nitrogens is 2. The van der Waals surface area contributed by atoms with Crippen LogP contribution >= 0.6 is 31.9 Å². The number of carbonyl (C=O) groups is 1. The van der Waals surface area contributed by atoms with Crippen LogP contribution in [0.25, 0.3) is 11.3 Å². The van der Waals surface area contributed by atoms with Gasteiger partial charge in [-0.05, 0) is 12.1 Å². The molecule has 0 spiro atoms. The van der Waals surface area contributed by atoms with Gasteiger partial charge >= 0.3 is 6.18 Å². The highest BCUT2D eigenvalue weighted by Crippen LogP contribution is 2.41. The summed E-state index contributed by atoms with van der Waals surface area (Å²) in [5, 5.41) is 18.2. The van der Waals surface area contributed by atoms with E-state index in [9.17, 15) is 23.2 Å². The summed E-state index contributed by atoms with van der Waals surface area (Å²) in [5.41, 5.74) is -0.332. The van der Waals surface area contributed by atoms with Crippen molar-refractivity contribution in [2.24, 2.45) is 0 Å². The van der Waals surface area contributed by atoms with Gasteiger partial charge in [0, 0.05) is 20.9 Å². The van der Waals surface area contributed by atoms with Crippen molar-refractivity contribution in [3.8, 4) is 17.3 Å². The van der Waals surface area contributed by atoms with Crippen LogP contribution in [0.4, 0.5) is 19.0 Å². The molecule has 10 heteroatoms. The molecule has 1 amide bonds. The zero-order chi connectivity index (χ0) is 18.1. The fourth-order valence-corrected chi connectivity index (χ4v) is 3.50. The van der Waals surface area contributed by atoms with Gasteiger partial charge in [-0.25, -0.2) is 0 Å². The molecule has 0 atom stereocenters. The highest BCUT2D eigenvalue weighted by Gasteiger charge is 2.32. The van der Waals surface area contributed by atoms with Crippen molar-refractivity contribution in [1.82, 2.24) is 10.2 Å². The maximum absolute atomic E-state index is 12.9. The Morgan fingerprint density at radius 2 is 1.96 bits per heavy atom. The number of rotatable bonds is 3. The number of anilines is 1. The number of amides is 1. The summed E-state index contributed by atoms with van der Waals surface area (Å²) >= 11 is 6.18. The standard InChI is InChI=1S/C14H9Br2F3N4O/c1-2-10(24)21-13-7(5-20)12(22-23-13)11-8(15)3-6(4-9(11)16)14(17,18)19/h3-4H,2H2,1H3,(H2,21,22,23,24). The van der Waals surface area contributed by atoms with Gasteiger partial charge in [0.15, 0.2) is 5.82 Å². The smallest absolute Gasteiger partial charge is 0.308 e. The minimum Gasteiger partial charge on any atom is -0.308 e. The van der Waals surface area contributed by atoms with E-state index in [4.69, 9.17) is 0 Å². The van der Waals surface area contributed by atoms with E-state index in [0.29, 0.717) is 5.56 Å². The van der Waals surface area contributed by atoms with Crippen LogP contribution in [-0.2, 0) is 11.0 Å². The minimum absolute atomic E-state index is 0.0259. The maximum atomic E-state index is 12.9. The number of alkyl halides is 3. The molecule has 0 saturated carbocycles. The third-order valence-corrected chi connectivity index (χ3v) is 4.33. The summed E-state index contributed by atoms with van der Waals surface area (Å²) in [5.74, 6) is -0.312. The SMILES string of the molecule is CCC(=O)Nc1n[nH]c(-c2c(Br)cc(C(F)(F)F)cc2Br)c1C#N. The van der Waals surface area contributed by atoms with Crippen LogP contribution < -0.4 is 5.32 Å². The van der Waals surface area contributed by atoms with Crippen molar-refractivity contribution in [3.63, 3.8) is 0 Å². The Morgan fingerprint density at radius 1 is 1.38 bits per heavy atom. The molecule has 1 aromatic carbocycles. The average Bonchev–Trinajstić information content (AvgIpc) is 2.87.